The molecule has 2 atom stereocenters. The predicted octanol–water partition coefficient (Wildman–Crippen LogP) is 1.86. The van der Waals surface area contributed by atoms with E-state index in [2.05, 4.69) is 4.99 Å². The first-order valence-corrected chi connectivity index (χ1v) is 10.4. The third-order valence-corrected chi connectivity index (χ3v) is 7.44. The predicted molar refractivity (Wildman–Crippen MR) is 97.0 cm³/mol. The van der Waals surface area contributed by atoms with Gasteiger partial charge in [-0.15, -0.1) is 0 Å². The van der Waals surface area contributed by atoms with Crippen LogP contribution in [-0.2, 0) is 14.6 Å². The van der Waals surface area contributed by atoms with E-state index in [9.17, 15) is 13.2 Å². The molecule has 0 spiro atoms. The lowest BCUT2D eigenvalue weighted by atomic mass is 10.2. The zero-order chi connectivity index (χ0) is 18.2. The van der Waals surface area contributed by atoms with Gasteiger partial charge in [-0.3, -0.25) is 4.79 Å². The van der Waals surface area contributed by atoms with Crippen molar-refractivity contribution in [3.8, 4) is 11.8 Å². The van der Waals surface area contributed by atoms with E-state index in [4.69, 9.17) is 21.6 Å². The second-order valence-electron chi connectivity index (χ2n) is 5.61. The van der Waals surface area contributed by atoms with Crippen LogP contribution >= 0.6 is 23.4 Å². The Labute approximate surface area is 154 Å². The van der Waals surface area contributed by atoms with E-state index >= 15 is 0 Å². The summed E-state index contributed by atoms with van der Waals surface area (Å²) in [4.78, 5) is 17.5. The molecule has 0 N–H and O–H groups in total. The molecule has 2 fully saturated rings. The number of nitrogens with zero attached hydrogens (tertiary/aromatic N) is 3. The maximum Gasteiger partial charge on any atom is 0.262 e. The van der Waals surface area contributed by atoms with E-state index in [0.717, 1.165) is 0 Å². The third kappa shape index (κ3) is 3.61. The molecule has 3 rings (SSSR count). The summed E-state index contributed by atoms with van der Waals surface area (Å²) >= 11 is 7.43. The fourth-order valence-corrected chi connectivity index (χ4v) is 7.07. The van der Waals surface area contributed by atoms with Crippen molar-refractivity contribution in [2.24, 2.45) is 4.99 Å². The van der Waals surface area contributed by atoms with Crippen LogP contribution in [0, 0.1) is 11.3 Å². The van der Waals surface area contributed by atoms with Crippen LogP contribution < -0.4 is 9.64 Å². The summed E-state index contributed by atoms with van der Waals surface area (Å²) < 4.78 is 29.1. The highest BCUT2D eigenvalue weighted by atomic mass is 35.5. The van der Waals surface area contributed by atoms with Crippen LogP contribution in [0.15, 0.2) is 23.2 Å². The van der Waals surface area contributed by atoms with Crippen molar-refractivity contribution in [3.63, 3.8) is 0 Å². The first kappa shape index (κ1) is 18.0. The summed E-state index contributed by atoms with van der Waals surface area (Å²) in [5.74, 6) is -0.0436. The van der Waals surface area contributed by atoms with Gasteiger partial charge in [-0.2, -0.15) is 10.3 Å². The molecule has 2 aliphatic heterocycles. The number of benzene rings is 1. The zero-order valence-electron chi connectivity index (χ0n) is 13.2. The molecule has 0 unspecified atom stereocenters. The number of amides is 1. The van der Waals surface area contributed by atoms with Crippen molar-refractivity contribution in [2.75, 3.05) is 23.5 Å². The molecule has 0 saturated carbocycles. The number of halogens is 1. The Morgan fingerprint density at radius 1 is 1.52 bits per heavy atom. The largest absolute Gasteiger partial charge is 0.495 e. The lowest BCUT2D eigenvalue weighted by Crippen LogP contribution is -2.37. The normalized spacial score (nSPS) is 25.6. The first-order valence-electron chi connectivity index (χ1n) is 7.33. The van der Waals surface area contributed by atoms with Crippen LogP contribution in [0.4, 0.5) is 5.69 Å². The summed E-state index contributed by atoms with van der Waals surface area (Å²) in [5, 5.41) is 9.20. The van der Waals surface area contributed by atoms with Crippen LogP contribution in [0.3, 0.4) is 0 Å². The number of anilines is 1. The Hall–Kier alpha value is -1.76. The average Bonchev–Trinajstić information content (AvgIpc) is 2.98. The summed E-state index contributed by atoms with van der Waals surface area (Å²) in [6, 6.07) is 6.50. The van der Waals surface area contributed by atoms with Gasteiger partial charge in [0, 0.05) is 10.9 Å². The van der Waals surface area contributed by atoms with E-state index < -0.39 is 15.7 Å². The zero-order valence-corrected chi connectivity index (χ0v) is 15.6. The van der Waals surface area contributed by atoms with Crippen molar-refractivity contribution in [3.05, 3.63) is 23.2 Å². The molecule has 0 aromatic heterocycles. The minimum Gasteiger partial charge on any atom is -0.495 e. The topological polar surface area (TPSA) is 99.8 Å². The van der Waals surface area contributed by atoms with E-state index in [1.165, 1.54) is 18.9 Å². The highest BCUT2D eigenvalue weighted by Gasteiger charge is 2.49. The fourth-order valence-electron chi connectivity index (χ4n) is 2.89. The smallest absolute Gasteiger partial charge is 0.262 e. The van der Waals surface area contributed by atoms with Crippen LogP contribution in [0.5, 0.6) is 5.75 Å². The van der Waals surface area contributed by atoms with Crippen molar-refractivity contribution < 1.29 is 17.9 Å². The molecule has 10 heteroatoms. The van der Waals surface area contributed by atoms with Gasteiger partial charge < -0.3 is 9.64 Å². The van der Waals surface area contributed by atoms with Gasteiger partial charge in [-0.05, 0) is 18.2 Å². The van der Waals surface area contributed by atoms with E-state index in [-0.39, 0.29) is 29.2 Å². The van der Waals surface area contributed by atoms with Gasteiger partial charge in [0.1, 0.15) is 12.2 Å². The van der Waals surface area contributed by atoms with Crippen molar-refractivity contribution >= 4 is 50.0 Å². The lowest BCUT2D eigenvalue weighted by Gasteiger charge is -2.25. The van der Waals surface area contributed by atoms with Crippen LogP contribution in [0.25, 0.3) is 0 Å². The number of hydrogen-bond donors (Lipinski definition) is 0. The van der Waals surface area contributed by atoms with E-state index in [1.54, 1.807) is 29.2 Å². The molecule has 1 aromatic carbocycles. The molecule has 2 saturated heterocycles. The molecule has 2 heterocycles. The maximum atomic E-state index is 12.0. The highest BCUT2D eigenvalue weighted by molar-refractivity contribution is 8.16. The molecule has 0 aliphatic carbocycles. The van der Waals surface area contributed by atoms with Crippen LogP contribution in [0.2, 0.25) is 5.02 Å². The van der Waals surface area contributed by atoms with Gasteiger partial charge in [0.25, 0.3) is 5.91 Å². The van der Waals surface area contributed by atoms with E-state index in [0.29, 0.717) is 21.6 Å². The minimum atomic E-state index is -3.14. The van der Waals surface area contributed by atoms with Crippen molar-refractivity contribution in [1.29, 1.82) is 5.26 Å². The lowest BCUT2D eigenvalue weighted by molar-refractivity contribution is -0.116. The molecule has 0 bridgehead atoms. The van der Waals surface area contributed by atoms with Gasteiger partial charge in [-0.1, -0.05) is 23.4 Å². The molecule has 1 aromatic rings. The fraction of sp³-hybridized carbons (Fsp3) is 0.400. The number of carbonyl (C=O) groups is 1. The molecular formula is C15H14ClN3O4S2. The minimum absolute atomic E-state index is 0.0141. The van der Waals surface area contributed by atoms with Crippen LogP contribution in [-0.4, -0.2) is 49.4 Å². The highest BCUT2D eigenvalue weighted by Crippen LogP contribution is 2.42. The van der Waals surface area contributed by atoms with Gasteiger partial charge in [0.15, 0.2) is 15.0 Å². The summed E-state index contributed by atoms with van der Waals surface area (Å²) in [6.45, 7) is 0. The standard InChI is InChI=1S/C15H14ClN3O4S2/c1-23-12-3-2-9(6-10(12)16)19-11-7-25(21,22)8-13(11)24-15(19)18-14(20)4-5-17/h2-3,6,11,13H,4,7-8H2,1H3/t11-,13+/m0/s1. The Balaban J connectivity index is 2.02. The summed E-state index contributed by atoms with van der Waals surface area (Å²) in [6.07, 6.45) is -0.325. The second-order valence-corrected chi connectivity index (χ2v) is 9.38. The molecule has 132 valence electrons. The number of aliphatic imine (C=N–C) groups is 1. The Kier molecular flexibility index (Phi) is 4.95. The summed E-state index contributed by atoms with van der Waals surface area (Å²) in [7, 11) is -1.64. The van der Waals surface area contributed by atoms with E-state index in [1.807, 2.05) is 0 Å². The van der Waals surface area contributed by atoms with Gasteiger partial charge in [0.2, 0.25) is 0 Å². The molecular weight excluding hydrogens is 386 g/mol. The van der Waals surface area contributed by atoms with Gasteiger partial charge in [-0.25, -0.2) is 8.42 Å². The molecule has 0 radical (unpaired) electrons. The molecule has 7 nitrogen and oxygen atoms in total. The van der Waals surface area contributed by atoms with Crippen LogP contribution in [0.1, 0.15) is 6.42 Å². The van der Waals surface area contributed by atoms with Gasteiger partial charge >= 0.3 is 0 Å². The number of methoxy groups -OCH3 is 1. The number of ether oxygens (including phenoxy) is 1. The monoisotopic (exact) mass is 399 g/mol. The van der Waals surface area contributed by atoms with Crippen molar-refractivity contribution in [2.45, 2.75) is 17.7 Å². The SMILES string of the molecule is COc1ccc(N2C(=NC(=O)CC#N)S[C@@H]3CS(=O)(=O)C[C@@H]32)cc1Cl. The number of amidine groups is 1. The third-order valence-electron chi connectivity index (χ3n) is 3.93. The number of carbonyl (C=O) groups excluding carboxylic acids is 1. The number of nitriles is 1. The number of thioether (sulfide) groups is 1. The number of rotatable bonds is 3. The Morgan fingerprint density at radius 3 is 2.92 bits per heavy atom. The maximum absolute atomic E-state index is 12.0. The molecule has 1 amide bonds. The van der Waals surface area contributed by atoms with Gasteiger partial charge in [0.05, 0.1) is 35.7 Å². The number of sulfone groups is 1. The Bertz CT molecular complexity index is 895. The summed E-state index contributed by atoms with van der Waals surface area (Å²) in [5.41, 5.74) is 0.631. The first-order chi connectivity index (χ1) is 11.8. The molecule has 2 aliphatic rings. The average molecular weight is 400 g/mol. The number of fused-ring (bicyclic) bond motifs is 1. The quantitative estimate of drug-likeness (QED) is 0.764. The second kappa shape index (κ2) is 6.86. The number of hydrogen-bond acceptors (Lipinski definition) is 6. The van der Waals surface area contributed by atoms with Crippen molar-refractivity contribution in [1.82, 2.24) is 0 Å². The molecule has 25 heavy (non-hydrogen) atoms. The Morgan fingerprint density at radius 2 is 2.28 bits per heavy atom.